The Kier molecular flexibility index (Phi) is 3.39. The van der Waals surface area contributed by atoms with Crippen molar-refractivity contribution in [1.82, 2.24) is 20.0 Å². The van der Waals surface area contributed by atoms with Crippen LogP contribution in [0.25, 0.3) is 0 Å². The fraction of sp³-hybridized carbons (Fsp3) is 0.800. The molecule has 4 nitrogen and oxygen atoms in total. The Hall–Kier alpha value is -0.870. The van der Waals surface area contributed by atoms with Gasteiger partial charge in [0, 0.05) is 43.5 Å². The molecular weight excluding hydrogens is 236 g/mol. The zero-order chi connectivity index (χ0) is 13.6. The van der Waals surface area contributed by atoms with E-state index in [4.69, 9.17) is 0 Å². The van der Waals surface area contributed by atoms with Crippen LogP contribution in [0.15, 0.2) is 0 Å². The summed E-state index contributed by atoms with van der Waals surface area (Å²) < 4.78 is 2.02. The van der Waals surface area contributed by atoms with Crippen molar-refractivity contribution < 1.29 is 0 Å². The molecule has 0 amide bonds. The minimum Gasteiger partial charge on any atom is -0.312 e. The highest BCUT2D eigenvalue weighted by atomic mass is 15.3. The lowest BCUT2D eigenvalue weighted by molar-refractivity contribution is 0.249. The van der Waals surface area contributed by atoms with Crippen molar-refractivity contribution in [1.29, 1.82) is 0 Å². The standard InChI is InChI=1S/C15H26N4/c1-10-15(11(2)18(4)17-10)12(3)19-8-13-6-5-7-16-14(13)9-19/h12-14,16H,5-9H2,1-4H3/t12?,13-,14+/m0/s1. The van der Waals surface area contributed by atoms with E-state index in [0.717, 1.165) is 5.92 Å². The Morgan fingerprint density at radius 1 is 1.32 bits per heavy atom. The van der Waals surface area contributed by atoms with E-state index < -0.39 is 0 Å². The van der Waals surface area contributed by atoms with E-state index in [0.29, 0.717) is 12.1 Å². The molecule has 19 heavy (non-hydrogen) atoms. The highest BCUT2D eigenvalue weighted by Gasteiger charge is 2.37. The van der Waals surface area contributed by atoms with Crippen LogP contribution < -0.4 is 5.32 Å². The summed E-state index contributed by atoms with van der Waals surface area (Å²) in [7, 11) is 2.05. The fourth-order valence-corrected chi connectivity index (χ4v) is 3.97. The van der Waals surface area contributed by atoms with Gasteiger partial charge < -0.3 is 5.32 Å². The second kappa shape index (κ2) is 4.91. The van der Waals surface area contributed by atoms with Gasteiger partial charge in [-0.25, -0.2) is 0 Å². The van der Waals surface area contributed by atoms with Crippen LogP contribution in [-0.2, 0) is 7.05 Å². The van der Waals surface area contributed by atoms with Crippen LogP contribution in [-0.4, -0.2) is 40.4 Å². The topological polar surface area (TPSA) is 33.1 Å². The number of aryl methyl sites for hydroxylation is 2. The fourth-order valence-electron chi connectivity index (χ4n) is 3.97. The molecule has 106 valence electrons. The number of rotatable bonds is 2. The summed E-state index contributed by atoms with van der Waals surface area (Å²) in [6, 6.07) is 1.20. The number of fused-ring (bicyclic) bond motifs is 1. The number of aromatic nitrogens is 2. The molecule has 4 heteroatoms. The molecule has 0 bridgehead atoms. The predicted molar refractivity (Wildman–Crippen MR) is 77.2 cm³/mol. The van der Waals surface area contributed by atoms with Crippen molar-refractivity contribution in [3.63, 3.8) is 0 Å². The molecule has 1 N–H and O–H groups in total. The van der Waals surface area contributed by atoms with E-state index >= 15 is 0 Å². The third-order valence-corrected chi connectivity index (χ3v) is 5.16. The molecule has 0 aliphatic carbocycles. The monoisotopic (exact) mass is 262 g/mol. The summed E-state index contributed by atoms with van der Waals surface area (Å²) in [4.78, 5) is 2.64. The molecule has 2 aliphatic rings. The van der Waals surface area contributed by atoms with E-state index in [2.05, 4.69) is 36.1 Å². The van der Waals surface area contributed by atoms with Crippen LogP contribution in [0.1, 0.15) is 42.8 Å². The van der Waals surface area contributed by atoms with Gasteiger partial charge in [0.2, 0.25) is 0 Å². The Morgan fingerprint density at radius 2 is 2.11 bits per heavy atom. The van der Waals surface area contributed by atoms with Gasteiger partial charge in [-0.3, -0.25) is 9.58 Å². The third kappa shape index (κ3) is 2.21. The van der Waals surface area contributed by atoms with Crippen molar-refractivity contribution in [2.24, 2.45) is 13.0 Å². The van der Waals surface area contributed by atoms with Crippen LogP contribution in [0.4, 0.5) is 0 Å². The first-order valence-electron chi connectivity index (χ1n) is 7.55. The van der Waals surface area contributed by atoms with Gasteiger partial charge in [0.1, 0.15) is 0 Å². The van der Waals surface area contributed by atoms with Crippen molar-refractivity contribution in [3.8, 4) is 0 Å². The lowest BCUT2D eigenvalue weighted by atomic mass is 9.94. The van der Waals surface area contributed by atoms with E-state index in [-0.39, 0.29) is 0 Å². The first kappa shape index (κ1) is 13.1. The smallest absolute Gasteiger partial charge is 0.0644 e. The zero-order valence-electron chi connectivity index (χ0n) is 12.6. The molecule has 3 rings (SSSR count). The van der Waals surface area contributed by atoms with Crippen LogP contribution in [0.3, 0.4) is 0 Å². The van der Waals surface area contributed by atoms with Crippen molar-refractivity contribution >= 4 is 0 Å². The first-order chi connectivity index (χ1) is 9.08. The van der Waals surface area contributed by atoms with Gasteiger partial charge in [-0.15, -0.1) is 0 Å². The van der Waals surface area contributed by atoms with Gasteiger partial charge in [0.05, 0.1) is 5.69 Å². The highest BCUT2D eigenvalue weighted by Crippen LogP contribution is 2.33. The molecule has 2 saturated heterocycles. The maximum Gasteiger partial charge on any atom is 0.0644 e. The van der Waals surface area contributed by atoms with Crippen LogP contribution >= 0.6 is 0 Å². The van der Waals surface area contributed by atoms with Gasteiger partial charge in [-0.05, 0) is 46.1 Å². The van der Waals surface area contributed by atoms with Gasteiger partial charge in [0.25, 0.3) is 0 Å². The molecule has 0 saturated carbocycles. The second-order valence-electron chi connectivity index (χ2n) is 6.30. The Morgan fingerprint density at radius 3 is 2.74 bits per heavy atom. The molecule has 3 atom stereocenters. The maximum absolute atomic E-state index is 4.57. The van der Waals surface area contributed by atoms with E-state index in [1.165, 1.54) is 49.4 Å². The van der Waals surface area contributed by atoms with Crippen molar-refractivity contribution in [2.75, 3.05) is 19.6 Å². The lowest BCUT2D eigenvalue weighted by Crippen LogP contribution is -2.40. The summed E-state index contributed by atoms with van der Waals surface area (Å²) in [5.74, 6) is 0.855. The summed E-state index contributed by atoms with van der Waals surface area (Å²) in [6.07, 6.45) is 2.74. The molecule has 0 spiro atoms. The van der Waals surface area contributed by atoms with E-state index in [1.54, 1.807) is 0 Å². The van der Waals surface area contributed by atoms with Crippen LogP contribution in [0, 0.1) is 19.8 Å². The Labute approximate surface area is 116 Å². The molecule has 3 heterocycles. The van der Waals surface area contributed by atoms with Crippen LogP contribution in [0.2, 0.25) is 0 Å². The Bertz CT molecular complexity index is 451. The highest BCUT2D eigenvalue weighted by molar-refractivity contribution is 5.28. The zero-order valence-corrected chi connectivity index (χ0v) is 12.6. The average molecular weight is 262 g/mol. The summed E-state index contributed by atoms with van der Waals surface area (Å²) in [5.41, 5.74) is 3.93. The minimum absolute atomic E-state index is 0.487. The summed E-state index contributed by atoms with van der Waals surface area (Å²) in [5, 5.41) is 8.26. The maximum atomic E-state index is 4.57. The number of hydrogen-bond donors (Lipinski definition) is 1. The largest absolute Gasteiger partial charge is 0.312 e. The predicted octanol–water partition coefficient (Wildman–Crippen LogP) is 1.78. The lowest BCUT2D eigenvalue weighted by Gasteiger charge is -2.25. The molecule has 1 aromatic heterocycles. The molecule has 2 aliphatic heterocycles. The van der Waals surface area contributed by atoms with E-state index in [1.807, 2.05) is 11.7 Å². The molecule has 0 radical (unpaired) electrons. The first-order valence-corrected chi connectivity index (χ1v) is 7.55. The number of nitrogens with one attached hydrogen (secondary N) is 1. The SMILES string of the molecule is Cc1nn(C)c(C)c1C(C)N1C[C@@H]2CCCN[C@@H]2C1. The normalized spacial score (nSPS) is 29.5. The average Bonchev–Trinajstić information content (AvgIpc) is 2.91. The van der Waals surface area contributed by atoms with E-state index in [9.17, 15) is 0 Å². The van der Waals surface area contributed by atoms with Gasteiger partial charge in [-0.1, -0.05) is 0 Å². The quantitative estimate of drug-likeness (QED) is 0.882. The minimum atomic E-state index is 0.487. The van der Waals surface area contributed by atoms with Gasteiger partial charge in [0.15, 0.2) is 0 Å². The number of piperidine rings is 1. The molecule has 1 unspecified atom stereocenters. The molecule has 1 aromatic rings. The number of nitrogens with zero attached hydrogens (tertiary/aromatic N) is 3. The molecule has 2 fully saturated rings. The Balaban J connectivity index is 1.79. The molecular formula is C15H26N4. The van der Waals surface area contributed by atoms with Crippen LogP contribution in [0.5, 0.6) is 0 Å². The van der Waals surface area contributed by atoms with Gasteiger partial charge >= 0.3 is 0 Å². The number of hydrogen-bond acceptors (Lipinski definition) is 3. The number of likely N-dealkylation sites (tertiary alicyclic amines) is 1. The van der Waals surface area contributed by atoms with Crippen molar-refractivity contribution in [3.05, 3.63) is 17.0 Å². The van der Waals surface area contributed by atoms with Crippen molar-refractivity contribution in [2.45, 2.75) is 45.7 Å². The second-order valence-corrected chi connectivity index (χ2v) is 6.30. The summed E-state index contributed by atoms with van der Waals surface area (Å²) >= 11 is 0. The summed E-state index contributed by atoms with van der Waals surface area (Å²) in [6.45, 7) is 10.3. The van der Waals surface area contributed by atoms with Gasteiger partial charge in [-0.2, -0.15) is 5.10 Å². The molecule has 0 aromatic carbocycles. The third-order valence-electron chi connectivity index (χ3n) is 5.16.